The monoisotopic (exact) mass is 361 g/mol. The van der Waals surface area contributed by atoms with E-state index in [1.54, 1.807) is 6.07 Å². The smallest absolute Gasteiger partial charge is 0.224 e. The molecule has 0 saturated carbocycles. The minimum atomic E-state index is -3.31. The summed E-state index contributed by atoms with van der Waals surface area (Å²) in [7, 11) is -3.31. The average Bonchev–Trinajstić information content (AvgIpc) is 3.01. The molecule has 9 heteroatoms. The molecule has 2 atom stereocenters. The topological polar surface area (TPSA) is 81.6 Å². The standard InChI is InChI=1S/C14H20ClN3O4S/c1-10-7-22-5-3-18(10)13-6-11(16-14(15)17-13)9-23(19,20)12-2-4-21-8-12/h6,10,12H,2-5,7-9H2,1H3/t10-,12?/m0/s1. The van der Waals surface area contributed by atoms with Crippen LogP contribution >= 0.6 is 11.6 Å². The third-order valence-electron chi connectivity index (χ3n) is 4.15. The van der Waals surface area contributed by atoms with Crippen molar-refractivity contribution < 1.29 is 17.9 Å². The zero-order chi connectivity index (χ0) is 16.4. The number of sulfone groups is 1. The van der Waals surface area contributed by atoms with E-state index in [0.717, 1.165) is 0 Å². The van der Waals surface area contributed by atoms with Crippen molar-refractivity contribution in [3.8, 4) is 0 Å². The lowest BCUT2D eigenvalue weighted by atomic mass is 10.2. The van der Waals surface area contributed by atoms with E-state index in [4.69, 9.17) is 21.1 Å². The van der Waals surface area contributed by atoms with Crippen molar-refractivity contribution in [2.45, 2.75) is 30.4 Å². The number of halogens is 1. The van der Waals surface area contributed by atoms with Crippen LogP contribution in [0.15, 0.2) is 6.07 Å². The molecule has 0 spiro atoms. The van der Waals surface area contributed by atoms with Gasteiger partial charge in [-0.05, 0) is 24.9 Å². The minimum Gasteiger partial charge on any atom is -0.380 e. The number of aromatic nitrogens is 2. The molecule has 0 N–H and O–H groups in total. The highest BCUT2D eigenvalue weighted by Gasteiger charge is 2.30. The van der Waals surface area contributed by atoms with Gasteiger partial charge in [-0.2, -0.15) is 0 Å². The summed E-state index contributed by atoms with van der Waals surface area (Å²) in [4.78, 5) is 10.4. The van der Waals surface area contributed by atoms with Crippen LogP contribution in [0.5, 0.6) is 0 Å². The molecule has 3 rings (SSSR count). The van der Waals surface area contributed by atoms with Gasteiger partial charge in [-0.25, -0.2) is 18.4 Å². The first-order valence-electron chi connectivity index (χ1n) is 7.63. The van der Waals surface area contributed by atoms with Crippen molar-refractivity contribution in [1.29, 1.82) is 0 Å². The van der Waals surface area contributed by atoms with E-state index >= 15 is 0 Å². The van der Waals surface area contributed by atoms with Crippen LogP contribution in [0.4, 0.5) is 5.82 Å². The Morgan fingerprint density at radius 1 is 1.30 bits per heavy atom. The van der Waals surface area contributed by atoms with Crippen molar-refractivity contribution in [1.82, 2.24) is 9.97 Å². The van der Waals surface area contributed by atoms with Gasteiger partial charge in [-0.15, -0.1) is 0 Å². The Kier molecular flexibility index (Phi) is 5.05. The van der Waals surface area contributed by atoms with Crippen LogP contribution in [-0.2, 0) is 25.1 Å². The first kappa shape index (κ1) is 16.9. The Hall–Kier alpha value is -0.960. The van der Waals surface area contributed by atoms with Crippen LogP contribution in [0, 0.1) is 0 Å². The summed E-state index contributed by atoms with van der Waals surface area (Å²) in [5.74, 6) is 0.503. The fourth-order valence-electron chi connectivity index (χ4n) is 2.86. The number of ether oxygens (including phenoxy) is 2. The van der Waals surface area contributed by atoms with Gasteiger partial charge in [0.2, 0.25) is 5.28 Å². The zero-order valence-electron chi connectivity index (χ0n) is 12.9. The molecule has 23 heavy (non-hydrogen) atoms. The van der Waals surface area contributed by atoms with E-state index in [1.807, 2.05) is 6.92 Å². The van der Waals surface area contributed by atoms with Crippen LogP contribution in [0.25, 0.3) is 0 Å². The zero-order valence-corrected chi connectivity index (χ0v) is 14.5. The van der Waals surface area contributed by atoms with Gasteiger partial charge < -0.3 is 14.4 Å². The highest BCUT2D eigenvalue weighted by Crippen LogP contribution is 2.23. The molecule has 1 unspecified atom stereocenters. The van der Waals surface area contributed by atoms with Gasteiger partial charge in [0.15, 0.2) is 9.84 Å². The van der Waals surface area contributed by atoms with E-state index in [1.165, 1.54) is 0 Å². The van der Waals surface area contributed by atoms with E-state index in [0.29, 0.717) is 44.3 Å². The minimum absolute atomic E-state index is 0.0639. The maximum absolute atomic E-state index is 12.4. The van der Waals surface area contributed by atoms with E-state index < -0.39 is 15.1 Å². The average molecular weight is 362 g/mol. The maximum Gasteiger partial charge on any atom is 0.224 e. The molecule has 7 nitrogen and oxygen atoms in total. The van der Waals surface area contributed by atoms with Gasteiger partial charge in [0, 0.05) is 19.2 Å². The van der Waals surface area contributed by atoms with E-state index in [-0.39, 0.29) is 23.7 Å². The van der Waals surface area contributed by atoms with Gasteiger partial charge >= 0.3 is 0 Å². The summed E-state index contributed by atoms with van der Waals surface area (Å²) in [6.45, 7) is 4.69. The molecule has 2 saturated heterocycles. The van der Waals surface area contributed by atoms with Gasteiger partial charge in [0.05, 0.1) is 42.6 Å². The number of hydrogen-bond donors (Lipinski definition) is 0. The molecule has 2 fully saturated rings. The van der Waals surface area contributed by atoms with Crippen LogP contribution in [-0.4, -0.2) is 62.6 Å². The van der Waals surface area contributed by atoms with Gasteiger partial charge in [0.25, 0.3) is 0 Å². The lowest BCUT2D eigenvalue weighted by Crippen LogP contribution is -2.44. The second-order valence-corrected chi connectivity index (χ2v) is 8.52. The maximum atomic E-state index is 12.4. The largest absolute Gasteiger partial charge is 0.380 e. The lowest BCUT2D eigenvalue weighted by Gasteiger charge is -2.34. The number of hydrogen-bond acceptors (Lipinski definition) is 7. The summed E-state index contributed by atoms with van der Waals surface area (Å²) >= 11 is 6.01. The molecule has 0 aliphatic carbocycles. The summed E-state index contributed by atoms with van der Waals surface area (Å²) in [6.07, 6.45) is 0.536. The highest BCUT2D eigenvalue weighted by atomic mass is 35.5. The normalized spacial score (nSPS) is 25.7. The molecule has 128 valence electrons. The number of morpholine rings is 1. The molecular weight excluding hydrogens is 342 g/mol. The first-order chi connectivity index (χ1) is 11.0. The Morgan fingerprint density at radius 2 is 2.09 bits per heavy atom. The molecule has 0 aromatic carbocycles. The summed E-state index contributed by atoms with van der Waals surface area (Å²) < 4.78 is 35.5. The number of anilines is 1. The molecule has 1 aromatic heterocycles. The van der Waals surface area contributed by atoms with Crippen molar-refractivity contribution in [2.75, 3.05) is 37.9 Å². The molecule has 0 radical (unpaired) electrons. The fraction of sp³-hybridized carbons (Fsp3) is 0.714. The van der Waals surface area contributed by atoms with Crippen LogP contribution in [0.2, 0.25) is 5.28 Å². The summed E-state index contributed by atoms with van der Waals surface area (Å²) in [5.41, 5.74) is 0.422. The van der Waals surface area contributed by atoms with Gasteiger partial charge in [-0.1, -0.05) is 0 Å². The number of nitrogens with zero attached hydrogens (tertiary/aromatic N) is 3. The first-order valence-corrected chi connectivity index (χ1v) is 9.72. The van der Waals surface area contributed by atoms with Crippen LogP contribution < -0.4 is 4.90 Å². The molecule has 0 amide bonds. The van der Waals surface area contributed by atoms with Crippen LogP contribution in [0.1, 0.15) is 19.0 Å². The third-order valence-corrected chi connectivity index (χ3v) is 6.40. The van der Waals surface area contributed by atoms with Crippen LogP contribution in [0.3, 0.4) is 0 Å². The molecule has 2 aliphatic rings. The Balaban J connectivity index is 1.82. The SMILES string of the molecule is C[C@H]1COCCN1c1cc(CS(=O)(=O)C2CCOC2)nc(Cl)n1. The molecular formula is C14H20ClN3O4S. The predicted molar refractivity (Wildman–Crippen MR) is 86.5 cm³/mol. The van der Waals surface area contributed by atoms with Crippen molar-refractivity contribution in [3.63, 3.8) is 0 Å². The second-order valence-electron chi connectivity index (χ2n) is 5.90. The highest BCUT2D eigenvalue weighted by molar-refractivity contribution is 7.91. The van der Waals surface area contributed by atoms with E-state index in [9.17, 15) is 8.42 Å². The molecule has 0 bridgehead atoms. The molecule has 2 aliphatic heterocycles. The quantitative estimate of drug-likeness (QED) is 0.741. The Bertz CT molecular complexity index is 664. The van der Waals surface area contributed by atoms with Crippen molar-refractivity contribution in [2.24, 2.45) is 0 Å². The summed E-state index contributed by atoms with van der Waals surface area (Å²) in [5, 5.41) is -0.393. The predicted octanol–water partition coefficient (Wildman–Crippen LogP) is 1.06. The molecule has 1 aromatic rings. The number of rotatable bonds is 4. The van der Waals surface area contributed by atoms with Crippen molar-refractivity contribution in [3.05, 3.63) is 17.0 Å². The molecule has 3 heterocycles. The summed E-state index contributed by atoms with van der Waals surface area (Å²) in [6, 6.07) is 1.86. The third kappa shape index (κ3) is 3.93. The van der Waals surface area contributed by atoms with E-state index in [2.05, 4.69) is 14.9 Å². The van der Waals surface area contributed by atoms with Gasteiger partial charge in [-0.3, -0.25) is 0 Å². The second kappa shape index (κ2) is 6.88. The lowest BCUT2D eigenvalue weighted by molar-refractivity contribution is 0.0985. The Morgan fingerprint density at radius 3 is 2.78 bits per heavy atom. The fourth-order valence-corrected chi connectivity index (χ4v) is 4.61. The van der Waals surface area contributed by atoms with Gasteiger partial charge in [0.1, 0.15) is 5.82 Å². The van der Waals surface area contributed by atoms with Crippen molar-refractivity contribution >= 4 is 27.3 Å². The Labute approximate surface area is 140 Å².